The van der Waals surface area contributed by atoms with Crippen LogP contribution in [-0.2, 0) is 0 Å². The molecule has 1 rings (SSSR count). The maximum absolute atomic E-state index is 3.96. The predicted octanol–water partition coefficient (Wildman–Crippen LogP) is 2.76. The van der Waals surface area contributed by atoms with E-state index in [0.717, 1.165) is 0 Å². The van der Waals surface area contributed by atoms with Crippen LogP contribution in [0.1, 0.15) is 25.3 Å². The van der Waals surface area contributed by atoms with E-state index in [4.69, 9.17) is 0 Å². The molecule has 0 bridgehead atoms. The normalized spacial score (nSPS) is 13.6. The lowest BCUT2D eigenvalue weighted by Gasteiger charge is -2.03. The van der Waals surface area contributed by atoms with E-state index in [1.54, 1.807) is 0 Å². The fourth-order valence-corrected chi connectivity index (χ4v) is 1.07. The van der Waals surface area contributed by atoms with Crippen molar-refractivity contribution in [2.24, 2.45) is 0 Å². The molecule has 1 nitrogen and oxygen atoms in total. The van der Waals surface area contributed by atoms with Crippen LogP contribution in [0.3, 0.4) is 0 Å². The van der Waals surface area contributed by atoms with E-state index < -0.39 is 0 Å². The molecule has 0 spiro atoms. The summed E-state index contributed by atoms with van der Waals surface area (Å²) in [6.45, 7) is 4.22. The molecule has 0 aliphatic rings. The van der Waals surface area contributed by atoms with Crippen LogP contribution < -0.4 is 0 Å². The fraction of sp³-hybridized carbons (Fsp3) is 0.300. The van der Waals surface area contributed by atoms with E-state index in [1.807, 2.05) is 31.5 Å². The number of pyridine rings is 1. The number of aromatic nitrogens is 1. The third-order valence-electron chi connectivity index (χ3n) is 1.71. The summed E-state index contributed by atoms with van der Waals surface area (Å²) in [6.07, 6.45) is 7.91. The van der Waals surface area contributed by atoms with Gasteiger partial charge in [0.15, 0.2) is 0 Å². The maximum Gasteiger partial charge on any atom is 0.0270 e. The van der Waals surface area contributed by atoms with Crippen LogP contribution in [0, 0.1) is 0 Å². The number of allylic oxidation sites excluding steroid dienone is 2. The van der Waals surface area contributed by atoms with Gasteiger partial charge >= 0.3 is 0 Å². The first kappa shape index (κ1) is 7.99. The van der Waals surface area contributed by atoms with Crippen LogP contribution in [0.4, 0.5) is 0 Å². The minimum absolute atomic E-state index is 0.503. The zero-order valence-corrected chi connectivity index (χ0v) is 6.99. The van der Waals surface area contributed by atoms with Gasteiger partial charge in [-0.3, -0.25) is 4.98 Å². The van der Waals surface area contributed by atoms with Crippen molar-refractivity contribution in [3.63, 3.8) is 0 Å². The van der Waals surface area contributed by atoms with Gasteiger partial charge in [0.25, 0.3) is 0 Å². The van der Waals surface area contributed by atoms with Crippen molar-refractivity contribution >= 4 is 0 Å². The molecule has 0 N–H and O–H groups in total. The summed E-state index contributed by atoms with van der Waals surface area (Å²) in [5, 5.41) is 0. The second kappa shape index (κ2) is 3.91. The second-order valence-corrected chi connectivity index (χ2v) is 2.60. The van der Waals surface area contributed by atoms with E-state index in [1.165, 1.54) is 5.56 Å². The highest BCUT2D eigenvalue weighted by Gasteiger charge is 1.97. The SMILES string of the molecule is CC=CC(C)c1ccncc1. The average molecular weight is 147 g/mol. The van der Waals surface area contributed by atoms with Gasteiger partial charge in [-0.15, -0.1) is 0 Å². The molecule has 1 atom stereocenters. The zero-order valence-electron chi connectivity index (χ0n) is 6.99. The van der Waals surface area contributed by atoms with Crippen molar-refractivity contribution < 1.29 is 0 Å². The average Bonchev–Trinajstić information content (AvgIpc) is 2.07. The van der Waals surface area contributed by atoms with Gasteiger partial charge in [-0.2, -0.15) is 0 Å². The lowest BCUT2D eigenvalue weighted by atomic mass is 10.0. The highest BCUT2D eigenvalue weighted by molar-refractivity contribution is 5.19. The van der Waals surface area contributed by atoms with Gasteiger partial charge in [0.1, 0.15) is 0 Å². The van der Waals surface area contributed by atoms with Crippen molar-refractivity contribution in [1.82, 2.24) is 4.98 Å². The molecule has 0 saturated carbocycles. The number of hydrogen-bond donors (Lipinski definition) is 0. The highest BCUT2D eigenvalue weighted by atomic mass is 14.6. The second-order valence-electron chi connectivity index (χ2n) is 2.60. The standard InChI is InChI=1S/C10H13N/c1-3-4-9(2)10-5-7-11-8-6-10/h3-9H,1-2H3. The molecule has 11 heavy (non-hydrogen) atoms. The number of nitrogens with zero attached hydrogens (tertiary/aromatic N) is 1. The summed E-state index contributed by atoms with van der Waals surface area (Å²) in [4.78, 5) is 3.96. The Bertz CT molecular complexity index is 226. The van der Waals surface area contributed by atoms with Gasteiger partial charge in [-0.1, -0.05) is 19.1 Å². The molecule has 1 aromatic heterocycles. The summed E-state index contributed by atoms with van der Waals surface area (Å²) < 4.78 is 0. The van der Waals surface area contributed by atoms with E-state index >= 15 is 0 Å². The molecule has 0 fully saturated rings. The lowest BCUT2D eigenvalue weighted by molar-refractivity contribution is 0.958. The molecule has 0 saturated heterocycles. The highest BCUT2D eigenvalue weighted by Crippen LogP contribution is 2.14. The maximum atomic E-state index is 3.96. The molecular formula is C10H13N. The third kappa shape index (κ3) is 2.19. The topological polar surface area (TPSA) is 12.9 Å². The Labute approximate surface area is 67.8 Å². The van der Waals surface area contributed by atoms with Crippen molar-refractivity contribution in [2.45, 2.75) is 19.8 Å². The van der Waals surface area contributed by atoms with E-state index in [2.05, 4.69) is 24.1 Å². The van der Waals surface area contributed by atoms with Gasteiger partial charge in [0.05, 0.1) is 0 Å². The first-order valence-electron chi connectivity index (χ1n) is 3.87. The van der Waals surface area contributed by atoms with Crippen molar-refractivity contribution in [3.05, 3.63) is 42.2 Å². The lowest BCUT2D eigenvalue weighted by Crippen LogP contribution is -1.87. The number of hydrogen-bond acceptors (Lipinski definition) is 1. The van der Waals surface area contributed by atoms with Crippen LogP contribution in [-0.4, -0.2) is 4.98 Å². The summed E-state index contributed by atoms with van der Waals surface area (Å²) in [6, 6.07) is 4.09. The largest absolute Gasteiger partial charge is 0.265 e. The van der Waals surface area contributed by atoms with Crippen LogP contribution in [0.25, 0.3) is 0 Å². The van der Waals surface area contributed by atoms with Gasteiger partial charge in [-0.05, 0) is 30.5 Å². The minimum atomic E-state index is 0.503. The molecule has 1 heteroatoms. The summed E-state index contributed by atoms with van der Waals surface area (Å²) >= 11 is 0. The molecule has 0 amide bonds. The quantitative estimate of drug-likeness (QED) is 0.586. The molecular weight excluding hydrogens is 134 g/mol. The minimum Gasteiger partial charge on any atom is -0.265 e. The molecule has 0 aliphatic heterocycles. The Hall–Kier alpha value is -1.11. The van der Waals surface area contributed by atoms with Crippen LogP contribution >= 0.6 is 0 Å². The Morgan fingerprint density at radius 1 is 1.36 bits per heavy atom. The van der Waals surface area contributed by atoms with Crippen molar-refractivity contribution in [2.75, 3.05) is 0 Å². The Balaban J connectivity index is 2.76. The van der Waals surface area contributed by atoms with Crippen LogP contribution in [0.15, 0.2) is 36.7 Å². The van der Waals surface area contributed by atoms with E-state index in [9.17, 15) is 0 Å². The predicted molar refractivity (Wildman–Crippen MR) is 47.5 cm³/mol. The van der Waals surface area contributed by atoms with Gasteiger partial charge < -0.3 is 0 Å². The van der Waals surface area contributed by atoms with Gasteiger partial charge in [-0.25, -0.2) is 0 Å². The molecule has 1 unspecified atom stereocenters. The molecule has 1 heterocycles. The first-order chi connectivity index (χ1) is 5.34. The molecule has 0 aromatic carbocycles. The van der Waals surface area contributed by atoms with Crippen LogP contribution in [0.2, 0.25) is 0 Å². The van der Waals surface area contributed by atoms with Crippen molar-refractivity contribution in [1.29, 1.82) is 0 Å². The molecule has 1 aromatic rings. The first-order valence-corrected chi connectivity index (χ1v) is 3.87. The molecule has 0 radical (unpaired) electrons. The molecule has 0 aliphatic carbocycles. The third-order valence-corrected chi connectivity index (χ3v) is 1.71. The van der Waals surface area contributed by atoms with E-state index in [-0.39, 0.29) is 0 Å². The van der Waals surface area contributed by atoms with Gasteiger partial charge in [0.2, 0.25) is 0 Å². The Morgan fingerprint density at radius 3 is 2.55 bits per heavy atom. The fourth-order valence-electron chi connectivity index (χ4n) is 1.07. The van der Waals surface area contributed by atoms with E-state index in [0.29, 0.717) is 5.92 Å². The summed E-state index contributed by atoms with van der Waals surface area (Å²) in [7, 11) is 0. The van der Waals surface area contributed by atoms with Gasteiger partial charge in [0, 0.05) is 12.4 Å². The monoisotopic (exact) mass is 147 g/mol. The smallest absolute Gasteiger partial charge is 0.0270 e. The van der Waals surface area contributed by atoms with Crippen molar-refractivity contribution in [3.8, 4) is 0 Å². The zero-order chi connectivity index (χ0) is 8.10. The molecule has 58 valence electrons. The Morgan fingerprint density at radius 2 is 2.00 bits per heavy atom. The van der Waals surface area contributed by atoms with Crippen LogP contribution in [0.5, 0.6) is 0 Å². The summed E-state index contributed by atoms with van der Waals surface area (Å²) in [5.74, 6) is 0.503. The number of rotatable bonds is 2. The Kier molecular flexibility index (Phi) is 2.84. The summed E-state index contributed by atoms with van der Waals surface area (Å²) in [5.41, 5.74) is 1.32.